The molecule has 1 N–H and O–H groups in total. The molecule has 0 bridgehead atoms. The highest BCUT2D eigenvalue weighted by Crippen LogP contribution is 2.21. The largest absolute Gasteiger partial charge is 0.383 e. The van der Waals surface area contributed by atoms with Crippen molar-refractivity contribution in [3.05, 3.63) is 11.9 Å². The van der Waals surface area contributed by atoms with E-state index in [-0.39, 0.29) is 0 Å². The van der Waals surface area contributed by atoms with Crippen molar-refractivity contribution < 1.29 is 9.47 Å². The zero-order valence-corrected chi connectivity index (χ0v) is 11.6. The van der Waals surface area contributed by atoms with E-state index >= 15 is 0 Å². The lowest BCUT2D eigenvalue weighted by atomic mass is 10.3. The number of nitrogens with one attached hydrogen (secondary N) is 1. The Morgan fingerprint density at radius 1 is 1.17 bits per heavy atom. The molecule has 0 radical (unpaired) electrons. The molecule has 1 aromatic heterocycles. The van der Waals surface area contributed by atoms with Crippen LogP contribution in [-0.2, 0) is 9.47 Å². The predicted octanol–water partition coefficient (Wildman–Crippen LogP) is 0.926. The molecule has 0 aliphatic heterocycles. The van der Waals surface area contributed by atoms with E-state index in [4.69, 9.17) is 9.47 Å². The summed E-state index contributed by atoms with van der Waals surface area (Å²) < 4.78 is 10.3. The van der Waals surface area contributed by atoms with Gasteiger partial charge in [0.1, 0.15) is 18.0 Å². The molecule has 1 rings (SSSR count). The van der Waals surface area contributed by atoms with Crippen molar-refractivity contribution >= 4 is 11.6 Å². The first-order valence-electron chi connectivity index (χ1n) is 5.96. The molecule has 0 aliphatic carbocycles. The minimum absolute atomic E-state index is 0.655. The summed E-state index contributed by atoms with van der Waals surface area (Å²) >= 11 is 0. The summed E-state index contributed by atoms with van der Waals surface area (Å²) in [5.41, 5.74) is 1.03. The average Bonchev–Trinajstić information content (AvgIpc) is 2.40. The van der Waals surface area contributed by atoms with Gasteiger partial charge in [0.2, 0.25) is 0 Å². The van der Waals surface area contributed by atoms with Gasteiger partial charge in [0.05, 0.1) is 13.2 Å². The summed E-state index contributed by atoms with van der Waals surface area (Å²) in [4.78, 5) is 10.7. The Labute approximate surface area is 108 Å². The second-order valence-electron chi connectivity index (χ2n) is 3.89. The van der Waals surface area contributed by atoms with E-state index in [2.05, 4.69) is 20.2 Å². The van der Waals surface area contributed by atoms with Crippen LogP contribution < -0.4 is 10.2 Å². The molecule has 1 aromatic rings. The summed E-state index contributed by atoms with van der Waals surface area (Å²) in [6.45, 7) is 4.87. The van der Waals surface area contributed by atoms with Gasteiger partial charge in [-0.25, -0.2) is 9.97 Å². The van der Waals surface area contributed by atoms with Crippen LogP contribution in [0.3, 0.4) is 0 Å². The zero-order valence-electron chi connectivity index (χ0n) is 11.6. The van der Waals surface area contributed by atoms with Crippen LogP contribution in [0.25, 0.3) is 0 Å². The first kappa shape index (κ1) is 14.7. The number of hydrogen-bond donors (Lipinski definition) is 1. The highest BCUT2D eigenvalue weighted by Gasteiger charge is 2.13. The Balaban J connectivity index is 2.88. The zero-order chi connectivity index (χ0) is 13.4. The minimum atomic E-state index is 0.655. The molecule has 0 fully saturated rings. The van der Waals surface area contributed by atoms with Crippen molar-refractivity contribution in [2.24, 2.45) is 0 Å². The van der Waals surface area contributed by atoms with Gasteiger partial charge in [-0.05, 0) is 6.92 Å². The maximum absolute atomic E-state index is 5.13. The van der Waals surface area contributed by atoms with Crippen molar-refractivity contribution in [3.63, 3.8) is 0 Å². The van der Waals surface area contributed by atoms with E-state index in [0.717, 1.165) is 30.3 Å². The van der Waals surface area contributed by atoms with E-state index < -0.39 is 0 Å². The molecule has 0 saturated carbocycles. The van der Waals surface area contributed by atoms with Gasteiger partial charge in [0, 0.05) is 39.9 Å². The summed E-state index contributed by atoms with van der Waals surface area (Å²) in [7, 11) is 5.24. The molecular formula is C12H22N4O2. The fourth-order valence-electron chi connectivity index (χ4n) is 1.74. The van der Waals surface area contributed by atoms with E-state index in [1.807, 2.05) is 14.0 Å². The lowest BCUT2D eigenvalue weighted by Crippen LogP contribution is -2.32. The van der Waals surface area contributed by atoms with Gasteiger partial charge in [-0.3, -0.25) is 0 Å². The maximum Gasteiger partial charge on any atom is 0.137 e. The number of ether oxygens (including phenoxy) is 2. The number of nitrogens with zero attached hydrogens (tertiary/aromatic N) is 3. The van der Waals surface area contributed by atoms with Crippen LogP contribution in [0.15, 0.2) is 6.33 Å². The molecule has 6 nitrogen and oxygen atoms in total. The standard InChI is InChI=1S/C12H22N4O2/c1-10-11(13-2)14-9-15-12(10)16(5-7-17-3)6-8-18-4/h9H,5-8H2,1-4H3,(H,13,14,15). The van der Waals surface area contributed by atoms with Crippen LogP contribution in [0.4, 0.5) is 11.6 Å². The van der Waals surface area contributed by atoms with Gasteiger partial charge in [-0.2, -0.15) is 0 Å². The molecule has 0 aliphatic rings. The average molecular weight is 254 g/mol. The lowest BCUT2D eigenvalue weighted by molar-refractivity contribution is 0.190. The molecule has 0 unspecified atom stereocenters. The molecule has 0 amide bonds. The van der Waals surface area contributed by atoms with Gasteiger partial charge >= 0.3 is 0 Å². The lowest BCUT2D eigenvalue weighted by Gasteiger charge is -2.25. The predicted molar refractivity (Wildman–Crippen MR) is 72.3 cm³/mol. The third kappa shape index (κ3) is 3.82. The Bertz CT molecular complexity index is 352. The van der Waals surface area contributed by atoms with Gasteiger partial charge < -0.3 is 19.7 Å². The van der Waals surface area contributed by atoms with Crippen LogP contribution >= 0.6 is 0 Å². The Hall–Kier alpha value is -1.40. The molecule has 0 aromatic carbocycles. The summed E-state index contributed by atoms with van der Waals surface area (Å²) in [5, 5.41) is 3.06. The monoisotopic (exact) mass is 254 g/mol. The summed E-state index contributed by atoms with van der Waals surface area (Å²) in [6, 6.07) is 0. The van der Waals surface area contributed by atoms with Crippen LogP contribution in [-0.4, -0.2) is 57.5 Å². The van der Waals surface area contributed by atoms with E-state index in [0.29, 0.717) is 13.2 Å². The second-order valence-corrected chi connectivity index (χ2v) is 3.89. The minimum Gasteiger partial charge on any atom is -0.383 e. The first-order chi connectivity index (χ1) is 8.74. The Morgan fingerprint density at radius 3 is 2.28 bits per heavy atom. The fourth-order valence-corrected chi connectivity index (χ4v) is 1.74. The summed E-state index contributed by atoms with van der Waals surface area (Å²) in [6.07, 6.45) is 1.57. The van der Waals surface area contributed by atoms with Crippen molar-refractivity contribution in [3.8, 4) is 0 Å². The van der Waals surface area contributed by atoms with Crippen molar-refractivity contribution in [1.82, 2.24) is 9.97 Å². The molecule has 0 saturated heterocycles. The normalized spacial score (nSPS) is 10.4. The van der Waals surface area contributed by atoms with Crippen molar-refractivity contribution in [1.29, 1.82) is 0 Å². The highest BCUT2D eigenvalue weighted by molar-refractivity contribution is 5.57. The van der Waals surface area contributed by atoms with Gasteiger partial charge in [-0.1, -0.05) is 0 Å². The van der Waals surface area contributed by atoms with Crippen LogP contribution in [0.2, 0.25) is 0 Å². The highest BCUT2D eigenvalue weighted by atomic mass is 16.5. The number of methoxy groups -OCH3 is 2. The molecule has 6 heteroatoms. The molecule has 18 heavy (non-hydrogen) atoms. The summed E-state index contributed by atoms with van der Waals surface area (Å²) in [5.74, 6) is 1.77. The molecule has 102 valence electrons. The van der Waals surface area contributed by atoms with E-state index in [1.54, 1.807) is 20.5 Å². The van der Waals surface area contributed by atoms with Crippen LogP contribution in [0, 0.1) is 6.92 Å². The van der Waals surface area contributed by atoms with Crippen LogP contribution in [0.1, 0.15) is 5.56 Å². The smallest absolute Gasteiger partial charge is 0.137 e. The molecular weight excluding hydrogens is 232 g/mol. The van der Waals surface area contributed by atoms with Crippen LogP contribution in [0.5, 0.6) is 0 Å². The van der Waals surface area contributed by atoms with Gasteiger partial charge in [0.25, 0.3) is 0 Å². The number of anilines is 2. The molecule has 0 atom stereocenters. The number of aromatic nitrogens is 2. The van der Waals surface area contributed by atoms with E-state index in [1.165, 1.54) is 0 Å². The van der Waals surface area contributed by atoms with Gasteiger partial charge in [-0.15, -0.1) is 0 Å². The fraction of sp³-hybridized carbons (Fsp3) is 0.667. The van der Waals surface area contributed by atoms with E-state index in [9.17, 15) is 0 Å². The topological polar surface area (TPSA) is 59.5 Å². The number of hydrogen-bond acceptors (Lipinski definition) is 6. The number of rotatable bonds is 8. The molecule has 1 heterocycles. The maximum atomic E-state index is 5.13. The molecule has 0 spiro atoms. The third-order valence-electron chi connectivity index (χ3n) is 2.72. The second kappa shape index (κ2) is 7.84. The van der Waals surface area contributed by atoms with Crippen molar-refractivity contribution in [2.45, 2.75) is 6.92 Å². The third-order valence-corrected chi connectivity index (χ3v) is 2.72. The quantitative estimate of drug-likeness (QED) is 0.744. The first-order valence-corrected chi connectivity index (χ1v) is 5.96. The van der Waals surface area contributed by atoms with Gasteiger partial charge in [0.15, 0.2) is 0 Å². The Kier molecular flexibility index (Phi) is 6.38. The van der Waals surface area contributed by atoms with Crippen molar-refractivity contribution in [2.75, 3.05) is 57.8 Å². The Morgan fingerprint density at radius 2 is 1.78 bits per heavy atom. The SMILES string of the molecule is CNc1ncnc(N(CCOC)CCOC)c1C.